The minimum atomic E-state index is -1.13. The SMILES string of the molecule is C#CCC(NC(=O)N1CCC(N)C1)C(=O)O. The molecule has 6 nitrogen and oxygen atoms in total. The Morgan fingerprint density at radius 2 is 2.38 bits per heavy atom. The van der Waals surface area contributed by atoms with Gasteiger partial charge >= 0.3 is 12.0 Å². The van der Waals surface area contributed by atoms with Gasteiger partial charge in [-0.1, -0.05) is 0 Å². The second kappa shape index (κ2) is 5.37. The third-order valence-electron chi connectivity index (χ3n) is 2.43. The number of amides is 2. The van der Waals surface area contributed by atoms with Gasteiger partial charge in [0, 0.05) is 25.6 Å². The van der Waals surface area contributed by atoms with Crippen LogP contribution in [0.2, 0.25) is 0 Å². The highest BCUT2D eigenvalue weighted by Gasteiger charge is 2.27. The van der Waals surface area contributed by atoms with Crippen molar-refractivity contribution in [2.24, 2.45) is 5.73 Å². The summed E-state index contributed by atoms with van der Waals surface area (Å²) in [7, 11) is 0. The van der Waals surface area contributed by atoms with Crippen LogP contribution >= 0.6 is 0 Å². The van der Waals surface area contributed by atoms with Crippen molar-refractivity contribution in [2.45, 2.75) is 24.9 Å². The van der Waals surface area contributed by atoms with Crippen LogP contribution in [-0.4, -0.2) is 47.2 Å². The van der Waals surface area contributed by atoms with E-state index in [1.165, 1.54) is 4.90 Å². The molecule has 0 aromatic rings. The molecular formula is C10H15N3O3. The lowest BCUT2D eigenvalue weighted by Gasteiger charge is -2.19. The molecule has 0 spiro atoms. The highest BCUT2D eigenvalue weighted by molar-refractivity contribution is 5.83. The van der Waals surface area contributed by atoms with Gasteiger partial charge in [-0.25, -0.2) is 9.59 Å². The molecule has 4 N–H and O–H groups in total. The standard InChI is InChI=1S/C10H15N3O3/c1-2-3-8(9(14)15)12-10(16)13-5-4-7(11)6-13/h1,7-8H,3-6,11H2,(H,12,16)(H,14,15). The highest BCUT2D eigenvalue weighted by Crippen LogP contribution is 2.07. The van der Waals surface area contributed by atoms with E-state index in [0.29, 0.717) is 13.1 Å². The van der Waals surface area contributed by atoms with E-state index in [1.807, 2.05) is 0 Å². The summed E-state index contributed by atoms with van der Waals surface area (Å²) >= 11 is 0. The topological polar surface area (TPSA) is 95.7 Å². The van der Waals surface area contributed by atoms with Crippen molar-refractivity contribution < 1.29 is 14.7 Å². The predicted molar refractivity (Wildman–Crippen MR) is 57.6 cm³/mol. The zero-order valence-electron chi connectivity index (χ0n) is 8.85. The number of hydrogen-bond acceptors (Lipinski definition) is 3. The molecule has 1 saturated heterocycles. The molecule has 88 valence electrons. The first-order valence-corrected chi connectivity index (χ1v) is 5.02. The lowest BCUT2D eigenvalue weighted by molar-refractivity contribution is -0.139. The lowest BCUT2D eigenvalue weighted by atomic mass is 10.2. The van der Waals surface area contributed by atoms with E-state index >= 15 is 0 Å². The number of carboxylic acid groups (broad SMARTS) is 1. The fourth-order valence-corrected chi connectivity index (χ4v) is 1.53. The number of nitrogens with one attached hydrogen (secondary N) is 1. The first-order valence-electron chi connectivity index (χ1n) is 5.02. The van der Waals surface area contributed by atoms with E-state index in [0.717, 1.165) is 6.42 Å². The van der Waals surface area contributed by atoms with Crippen molar-refractivity contribution in [1.82, 2.24) is 10.2 Å². The van der Waals surface area contributed by atoms with Gasteiger partial charge in [0.25, 0.3) is 0 Å². The number of hydrogen-bond donors (Lipinski definition) is 3. The fraction of sp³-hybridized carbons (Fsp3) is 0.600. The normalized spacial score (nSPS) is 21.2. The quantitative estimate of drug-likeness (QED) is 0.548. The molecule has 2 unspecified atom stereocenters. The molecule has 16 heavy (non-hydrogen) atoms. The molecular weight excluding hydrogens is 210 g/mol. The van der Waals surface area contributed by atoms with Gasteiger partial charge < -0.3 is 21.1 Å². The van der Waals surface area contributed by atoms with Crippen LogP contribution in [0.4, 0.5) is 4.79 Å². The average molecular weight is 225 g/mol. The van der Waals surface area contributed by atoms with Crippen molar-refractivity contribution in [3.63, 3.8) is 0 Å². The van der Waals surface area contributed by atoms with Crippen LogP contribution in [0.5, 0.6) is 0 Å². The van der Waals surface area contributed by atoms with Crippen molar-refractivity contribution in [2.75, 3.05) is 13.1 Å². The van der Waals surface area contributed by atoms with Crippen LogP contribution in [0.15, 0.2) is 0 Å². The van der Waals surface area contributed by atoms with Crippen molar-refractivity contribution >= 4 is 12.0 Å². The number of terminal acetylenes is 1. The van der Waals surface area contributed by atoms with Gasteiger partial charge in [0.15, 0.2) is 0 Å². The number of rotatable bonds is 3. The van der Waals surface area contributed by atoms with Crippen LogP contribution < -0.4 is 11.1 Å². The molecule has 1 fully saturated rings. The van der Waals surface area contributed by atoms with Gasteiger partial charge in [-0.2, -0.15) is 0 Å². The molecule has 0 aromatic heterocycles. The van der Waals surface area contributed by atoms with E-state index < -0.39 is 18.0 Å². The van der Waals surface area contributed by atoms with E-state index in [-0.39, 0.29) is 12.5 Å². The minimum absolute atomic E-state index is 0.0262. The summed E-state index contributed by atoms with van der Waals surface area (Å²) in [5.74, 6) is 1.09. The Balaban J connectivity index is 2.49. The molecule has 1 rings (SSSR count). The predicted octanol–water partition coefficient (Wildman–Crippen LogP) is -0.794. The molecule has 1 aliphatic heterocycles. The highest BCUT2D eigenvalue weighted by atomic mass is 16.4. The van der Waals surface area contributed by atoms with Crippen molar-refractivity contribution in [1.29, 1.82) is 0 Å². The molecule has 0 aromatic carbocycles. The smallest absolute Gasteiger partial charge is 0.327 e. The monoisotopic (exact) mass is 225 g/mol. The fourth-order valence-electron chi connectivity index (χ4n) is 1.53. The summed E-state index contributed by atoms with van der Waals surface area (Å²) in [4.78, 5) is 23.9. The second-order valence-electron chi connectivity index (χ2n) is 3.74. The lowest BCUT2D eigenvalue weighted by Crippen LogP contribution is -2.47. The molecule has 0 saturated carbocycles. The van der Waals surface area contributed by atoms with Gasteiger partial charge in [-0.15, -0.1) is 12.3 Å². The maximum Gasteiger partial charge on any atom is 0.327 e. The van der Waals surface area contributed by atoms with Crippen molar-refractivity contribution in [3.8, 4) is 12.3 Å². The second-order valence-corrected chi connectivity index (χ2v) is 3.74. The van der Waals surface area contributed by atoms with Crippen LogP contribution in [-0.2, 0) is 4.79 Å². The molecule has 6 heteroatoms. The van der Waals surface area contributed by atoms with E-state index in [9.17, 15) is 9.59 Å². The summed E-state index contributed by atoms with van der Waals surface area (Å²) in [6.07, 6.45) is 5.73. The molecule has 2 amide bonds. The largest absolute Gasteiger partial charge is 0.480 e. The van der Waals surface area contributed by atoms with E-state index in [2.05, 4.69) is 11.2 Å². The summed E-state index contributed by atoms with van der Waals surface area (Å²) in [6, 6.07) is -1.48. The third-order valence-corrected chi connectivity index (χ3v) is 2.43. The zero-order chi connectivity index (χ0) is 12.1. The Labute approximate surface area is 93.8 Å². The first kappa shape index (κ1) is 12.3. The number of urea groups is 1. The molecule has 1 heterocycles. The van der Waals surface area contributed by atoms with Gasteiger partial charge in [0.1, 0.15) is 6.04 Å². The molecule has 0 radical (unpaired) electrons. The van der Waals surface area contributed by atoms with Crippen LogP contribution in [0.25, 0.3) is 0 Å². The van der Waals surface area contributed by atoms with Gasteiger partial charge in [0.05, 0.1) is 0 Å². The molecule has 0 aliphatic carbocycles. The number of nitrogens with two attached hydrogens (primary N) is 1. The Bertz CT molecular complexity index is 324. The maximum absolute atomic E-state index is 11.6. The number of carbonyl (C=O) groups is 2. The molecule has 1 aliphatic rings. The van der Waals surface area contributed by atoms with Crippen LogP contribution in [0.1, 0.15) is 12.8 Å². The summed E-state index contributed by atoms with van der Waals surface area (Å²) in [5.41, 5.74) is 5.64. The van der Waals surface area contributed by atoms with Crippen LogP contribution in [0.3, 0.4) is 0 Å². The zero-order valence-corrected chi connectivity index (χ0v) is 8.85. The molecule has 2 atom stereocenters. The first-order chi connectivity index (χ1) is 7.54. The number of nitrogens with zero attached hydrogens (tertiary/aromatic N) is 1. The van der Waals surface area contributed by atoms with Gasteiger partial charge in [-0.3, -0.25) is 0 Å². The summed E-state index contributed by atoms with van der Waals surface area (Å²) < 4.78 is 0. The van der Waals surface area contributed by atoms with Crippen LogP contribution in [0, 0.1) is 12.3 Å². The van der Waals surface area contributed by atoms with Crippen molar-refractivity contribution in [3.05, 3.63) is 0 Å². The average Bonchev–Trinajstić information content (AvgIpc) is 2.64. The Kier molecular flexibility index (Phi) is 4.14. The Morgan fingerprint density at radius 1 is 1.69 bits per heavy atom. The number of carboxylic acids is 1. The maximum atomic E-state index is 11.6. The van der Waals surface area contributed by atoms with Gasteiger partial charge in [-0.05, 0) is 6.42 Å². The van der Waals surface area contributed by atoms with Gasteiger partial charge in [0.2, 0.25) is 0 Å². The number of aliphatic carboxylic acids is 1. The number of carbonyl (C=O) groups excluding carboxylic acids is 1. The Morgan fingerprint density at radius 3 is 2.81 bits per heavy atom. The third kappa shape index (κ3) is 3.14. The molecule has 0 bridgehead atoms. The summed E-state index contributed by atoms with van der Waals surface area (Å²) in [6.45, 7) is 1.00. The number of likely N-dealkylation sites (tertiary alicyclic amines) is 1. The Hall–Kier alpha value is -1.74. The van der Waals surface area contributed by atoms with E-state index in [4.69, 9.17) is 17.3 Å². The minimum Gasteiger partial charge on any atom is -0.480 e. The summed E-state index contributed by atoms with van der Waals surface area (Å²) in [5, 5.41) is 11.2. The van der Waals surface area contributed by atoms with E-state index in [1.54, 1.807) is 0 Å².